The Hall–Kier alpha value is -3.11. The zero-order valence-electron chi connectivity index (χ0n) is 17.6. The summed E-state index contributed by atoms with van der Waals surface area (Å²) in [4.78, 5) is 17.1. The van der Waals surface area contributed by atoms with Gasteiger partial charge in [0.05, 0.1) is 0 Å². The summed E-state index contributed by atoms with van der Waals surface area (Å²) in [6, 6.07) is 26.9. The van der Waals surface area contributed by atoms with E-state index in [-0.39, 0.29) is 5.91 Å². The number of carbonyl (C=O) groups is 1. The molecule has 0 radical (unpaired) electrons. The highest BCUT2D eigenvalue weighted by Crippen LogP contribution is 2.20. The third kappa shape index (κ3) is 5.08. The highest BCUT2D eigenvalue weighted by atomic mass is 16.1. The minimum absolute atomic E-state index is 0.0186. The molecule has 4 heteroatoms. The maximum atomic E-state index is 12.5. The molecule has 0 fully saturated rings. The zero-order valence-corrected chi connectivity index (χ0v) is 17.6. The summed E-state index contributed by atoms with van der Waals surface area (Å²) in [7, 11) is 2.04. The molecule has 154 valence electrons. The fourth-order valence-corrected chi connectivity index (χ4v) is 3.96. The molecular weight excluding hydrogens is 370 g/mol. The van der Waals surface area contributed by atoms with E-state index >= 15 is 0 Å². The summed E-state index contributed by atoms with van der Waals surface area (Å²) >= 11 is 0. The van der Waals surface area contributed by atoms with Crippen LogP contribution in [0.5, 0.6) is 0 Å². The normalized spacial score (nSPS) is 13.5. The Morgan fingerprint density at radius 2 is 1.63 bits per heavy atom. The molecule has 30 heavy (non-hydrogen) atoms. The van der Waals surface area contributed by atoms with Gasteiger partial charge in [0, 0.05) is 51.0 Å². The molecule has 0 unspecified atom stereocenters. The fraction of sp³-hybridized carbons (Fsp3) is 0.269. The standard InChI is InChI=1S/C26H29N3O/c1-28(25-9-3-2-4-10-25)18-16-27-26(30)23-13-11-21(12-14-23)19-29-17-15-22-7-5-6-8-24(22)20-29/h2-14H,15-20H2,1H3,(H,27,30). The summed E-state index contributed by atoms with van der Waals surface area (Å²) in [6.45, 7) is 4.36. The van der Waals surface area contributed by atoms with Crippen LogP contribution in [0.4, 0.5) is 5.69 Å². The van der Waals surface area contributed by atoms with Gasteiger partial charge in [-0.05, 0) is 47.4 Å². The van der Waals surface area contributed by atoms with Crippen LogP contribution in [-0.2, 0) is 19.5 Å². The van der Waals surface area contributed by atoms with Crippen molar-refractivity contribution < 1.29 is 4.79 Å². The molecule has 0 atom stereocenters. The van der Waals surface area contributed by atoms with E-state index in [0.717, 1.165) is 38.3 Å². The first-order valence-corrected chi connectivity index (χ1v) is 10.6. The van der Waals surface area contributed by atoms with Crippen LogP contribution in [-0.4, -0.2) is 37.5 Å². The lowest BCUT2D eigenvalue weighted by Crippen LogP contribution is -2.33. The molecule has 4 rings (SSSR count). The number of nitrogens with one attached hydrogen (secondary N) is 1. The summed E-state index contributed by atoms with van der Waals surface area (Å²) in [5.41, 5.74) is 6.01. The van der Waals surface area contributed by atoms with Crippen molar-refractivity contribution in [2.24, 2.45) is 0 Å². The molecule has 1 heterocycles. The Morgan fingerprint density at radius 3 is 2.40 bits per heavy atom. The Labute approximate surface area is 179 Å². The number of amides is 1. The van der Waals surface area contributed by atoms with Crippen LogP contribution in [0, 0.1) is 0 Å². The molecule has 0 aliphatic carbocycles. The maximum Gasteiger partial charge on any atom is 0.251 e. The third-order valence-electron chi connectivity index (χ3n) is 5.76. The molecular formula is C26H29N3O. The Morgan fingerprint density at radius 1 is 0.933 bits per heavy atom. The van der Waals surface area contributed by atoms with Crippen LogP contribution in [0.25, 0.3) is 0 Å². The average Bonchev–Trinajstić information content (AvgIpc) is 2.80. The topological polar surface area (TPSA) is 35.6 Å². The van der Waals surface area contributed by atoms with Gasteiger partial charge in [0.2, 0.25) is 0 Å². The van der Waals surface area contributed by atoms with Gasteiger partial charge >= 0.3 is 0 Å². The summed E-state index contributed by atoms with van der Waals surface area (Å²) in [6.07, 6.45) is 1.11. The Bertz CT molecular complexity index is 969. The second kappa shape index (κ2) is 9.59. The van der Waals surface area contributed by atoms with Gasteiger partial charge < -0.3 is 10.2 Å². The highest BCUT2D eigenvalue weighted by molar-refractivity contribution is 5.94. The lowest BCUT2D eigenvalue weighted by molar-refractivity contribution is 0.0954. The van der Waals surface area contributed by atoms with Gasteiger partial charge in [0.25, 0.3) is 5.91 Å². The maximum absolute atomic E-state index is 12.5. The Balaban J connectivity index is 1.25. The molecule has 0 saturated heterocycles. The van der Waals surface area contributed by atoms with Gasteiger partial charge in [0.15, 0.2) is 0 Å². The minimum Gasteiger partial charge on any atom is -0.373 e. The van der Waals surface area contributed by atoms with Crippen LogP contribution in [0.2, 0.25) is 0 Å². The van der Waals surface area contributed by atoms with Crippen LogP contribution in [0.3, 0.4) is 0 Å². The van der Waals surface area contributed by atoms with Crippen LogP contribution >= 0.6 is 0 Å². The Kier molecular flexibility index (Phi) is 6.45. The van der Waals surface area contributed by atoms with Crippen LogP contribution in [0.15, 0.2) is 78.9 Å². The predicted octanol–water partition coefficient (Wildman–Crippen LogP) is 4.11. The fourth-order valence-electron chi connectivity index (χ4n) is 3.96. The van der Waals surface area contributed by atoms with Gasteiger partial charge in [-0.15, -0.1) is 0 Å². The molecule has 1 aliphatic heterocycles. The van der Waals surface area contributed by atoms with E-state index in [1.54, 1.807) is 0 Å². The first-order chi connectivity index (χ1) is 14.7. The lowest BCUT2D eigenvalue weighted by atomic mass is 9.99. The second-order valence-electron chi connectivity index (χ2n) is 7.94. The van der Waals surface area contributed by atoms with E-state index in [4.69, 9.17) is 0 Å². The number of benzene rings is 3. The number of likely N-dealkylation sites (N-methyl/N-ethyl adjacent to an activating group) is 1. The summed E-state index contributed by atoms with van der Waals surface area (Å²) in [5, 5.41) is 3.02. The number of para-hydroxylation sites is 1. The molecule has 4 nitrogen and oxygen atoms in total. The van der Waals surface area contributed by atoms with Gasteiger partial charge in [-0.25, -0.2) is 0 Å². The molecule has 1 aliphatic rings. The lowest BCUT2D eigenvalue weighted by Gasteiger charge is -2.28. The molecule has 0 bridgehead atoms. The predicted molar refractivity (Wildman–Crippen MR) is 123 cm³/mol. The molecule has 0 aromatic heterocycles. The molecule has 3 aromatic rings. The first kappa shape index (κ1) is 20.2. The summed E-state index contributed by atoms with van der Waals surface area (Å²) in [5.74, 6) is -0.0186. The van der Waals surface area contributed by atoms with Crippen molar-refractivity contribution in [3.63, 3.8) is 0 Å². The molecule has 0 saturated carbocycles. The van der Waals surface area contributed by atoms with Crippen molar-refractivity contribution >= 4 is 11.6 Å². The number of nitrogens with zero attached hydrogens (tertiary/aromatic N) is 2. The average molecular weight is 400 g/mol. The van der Waals surface area contributed by atoms with Crippen molar-refractivity contribution in [3.8, 4) is 0 Å². The third-order valence-corrected chi connectivity index (χ3v) is 5.76. The SMILES string of the molecule is CN(CCNC(=O)c1ccc(CN2CCc3ccccc3C2)cc1)c1ccccc1. The van der Waals surface area contributed by atoms with Crippen molar-refractivity contribution in [2.75, 3.05) is 31.6 Å². The molecule has 3 aromatic carbocycles. The van der Waals surface area contributed by atoms with Gasteiger partial charge in [-0.1, -0.05) is 54.6 Å². The smallest absolute Gasteiger partial charge is 0.251 e. The van der Waals surface area contributed by atoms with Gasteiger partial charge in [0.1, 0.15) is 0 Å². The van der Waals surface area contributed by atoms with Crippen LogP contribution in [0.1, 0.15) is 27.0 Å². The van der Waals surface area contributed by atoms with E-state index in [1.807, 2.05) is 37.4 Å². The van der Waals surface area contributed by atoms with E-state index in [0.29, 0.717) is 12.1 Å². The molecule has 1 amide bonds. The van der Waals surface area contributed by atoms with E-state index in [9.17, 15) is 4.79 Å². The van der Waals surface area contributed by atoms with Crippen molar-refractivity contribution in [2.45, 2.75) is 19.5 Å². The second-order valence-corrected chi connectivity index (χ2v) is 7.94. The van der Waals surface area contributed by atoms with Crippen LogP contribution < -0.4 is 10.2 Å². The van der Waals surface area contributed by atoms with E-state index < -0.39 is 0 Å². The van der Waals surface area contributed by atoms with Crippen molar-refractivity contribution in [1.82, 2.24) is 10.2 Å². The number of hydrogen-bond acceptors (Lipinski definition) is 3. The van der Waals surface area contributed by atoms with Gasteiger partial charge in [-0.2, -0.15) is 0 Å². The van der Waals surface area contributed by atoms with E-state index in [1.165, 1.54) is 16.7 Å². The zero-order chi connectivity index (χ0) is 20.8. The summed E-state index contributed by atoms with van der Waals surface area (Å²) < 4.78 is 0. The molecule has 0 spiro atoms. The number of fused-ring (bicyclic) bond motifs is 1. The van der Waals surface area contributed by atoms with E-state index in [2.05, 4.69) is 63.6 Å². The molecule has 1 N–H and O–H groups in total. The monoisotopic (exact) mass is 399 g/mol. The van der Waals surface area contributed by atoms with Gasteiger partial charge in [-0.3, -0.25) is 9.69 Å². The van der Waals surface area contributed by atoms with Crippen molar-refractivity contribution in [3.05, 3.63) is 101 Å². The number of hydrogen-bond donors (Lipinski definition) is 1. The number of anilines is 1. The van der Waals surface area contributed by atoms with Crippen molar-refractivity contribution in [1.29, 1.82) is 0 Å². The minimum atomic E-state index is -0.0186. The largest absolute Gasteiger partial charge is 0.373 e. The quantitative estimate of drug-likeness (QED) is 0.649. The highest BCUT2D eigenvalue weighted by Gasteiger charge is 2.16. The number of rotatable bonds is 7. The number of carbonyl (C=O) groups excluding carboxylic acids is 1. The first-order valence-electron chi connectivity index (χ1n) is 10.6.